The molecule has 8 heteroatoms. The second-order valence-corrected chi connectivity index (χ2v) is 8.13. The number of para-hydroxylation sites is 1. The van der Waals surface area contributed by atoms with Crippen LogP contribution < -0.4 is 10.3 Å². The second kappa shape index (κ2) is 9.14. The van der Waals surface area contributed by atoms with Crippen LogP contribution in [0, 0.1) is 0 Å². The predicted molar refractivity (Wildman–Crippen MR) is 131 cm³/mol. The van der Waals surface area contributed by atoms with Gasteiger partial charge in [0.15, 0.2) is 5.43 Å². The lowest BCUT2D eigenvalue weighted by molar-refractivity contribution is 0.0525. The standard InChI is InChI=1S/C28H21NO7/c1-3-35-28(33)18-12-14-19(15-13-18)29-23(16-8-10-17(11-9-16)27(32)34-2)22-24(30)20-6-4-5-7-21(20)36-25(22)26(29)31/h4-15,23H,3H2,1-2H3. The molecule has 0 fully saturated rings. The first-order chi connectivity index (χ1) is 17.4. The van der Waals surface area contributed by atoms with Crippen molar-refractivity contribution in [3.63, 3.8) is 0 Å². The van der Waals surface area contributed by atoms with Crippen LogP contribution in [0.2, 0.25) is 0 Å². The molecule has 0 radical (unpaired) electrons. The van der Waals surface area contributed by atoms with Gasteiger partial charge in [0.05, 0.1) is 41.8 Å². The Hall–Kier alpha value is -4.72. The van der Waals surface area contributed by atoms with E-state index in [2.05, 4.69) is 0 Å². The predicted octanol–water partition coefficient (Wildman–Crippen LogP) is 4.51. The molecule has 8 nitrogen and oxygen atoms in total. The Kier molecular flexibility index (Phi) is 5.85. The van der Waals surface area contributed by atoms with Crippen molar-refractivity contribution >= 4 is 34.5 Å². The number of esters is 2. The first-order valence-corrected chi connectivity index (χ1v) is 11.3. The minimum absolute atomic E-state index is 0.0461. The van der Waals surface area contributed by atoms with Gasteiger partial charge in [-0.3, -0.25) is 14.5 Å². The molecule has 1 aromatic heterocycles. The van der Waals surface area contributed by atoms with E-state index in [9.17, 15) is 19.2 Å². The van der Waals surface area contributed by atoms with Gasteiger partial charge in [-0.05, 0) is 61.0 Å². The van der Waals surface area contributed by atoms with Gasteiger partial charge >= 0.3 is 11.9 Å². The highest BCUT2D eigenvalue weighted by atomic mass is 16.5. The van der Waals surface area contributed by atoms with Crippen LogP contribution in [-0.4, -0.2) is 31.6 Å². The molecule has 36 heavy (non-hydrogen) atoms. The van der Waals surface area contributed by atoms with Gasteiger partial charge in [-0.15, -0.1) is 0 Å². The third-order valence-electron chi connectivity index (χ3n) is 6.08. The first kappa shape index (κ1) is 23.0. The number of anilines is 1. The highest BCUT2D eigenvalue weighted by molar-refractivity contribution is 6.11. The molecule has 1 amide bonds. The summed E-state index contributed by atoms with van der Waals surface area (Å²) in [5, 5.41) is 0.361. The summed E-state index contributed by atoms with van der Waals surface area (Å²) in [5.74, 6) is -1.51. The van der Waals surface area contributed by atoms with Gasteiger partial charge in [0.2, 0.25) is 5.76 Å². The average molecular weight is 483 g/mol. The number of carbonyl (C=O) groups excluding carboxylic acids is 3. The van der Waals surface area contributed by atoms with Crippen molar-refractivity contribution in [2.75, 3.05) is 18.6 Å². The van der Waals surface area contributed by atoms with Crippen LogP contribution in [-0.2, 0) is 9.47 Å². The van der Waals surface area contributed by atoms with Crippen LogP contribution in [0.15, 0.2) is 82.0 Å². The largest absolute Gasteiger partial charge is 0.465 e. The van der Waals surface area contributed by atoms with Crippen molar-refractivity contribution in [3.8, 4) is 0 Å². The number of hydrogen-bond donors (Lipinski definition) is 0. The molecule has 0 saturated heterocycles. The molecule has 1 aliphatic rings. The van der Waals surface area contributed by atoms with Crippen LogP contribution in [0.4, 0.5) is 5.69 Å². The summed E-state index contributed by atoms with van der Waals surface area (Å²) in [6, 6.07) is 18.8. The van der Waals surface area contributed by atoms with Crippen molar-refractivity contribution in [3.05, 3.63) is 111 Å². The van der Waals surface area contributed by atoms with Gasteiger partial charge in [-0.2, -0.15) is 0 Å². The summed E-state index contributed by atoms with van der Waals surface area (Å²) >= 11 is 0. The zero-order valence-electron chi connectivity index (χ0n) is 19.5. The molecule has 5 rings (SSSR count). The van der Waals surface area contributed by atoms with Crippen molar-refractivity contribution < 1.29 is 28.3 Å². The summed E-state index contributed by atoms with van der Waals surface area (Å²) in [5.41, 5.74) is 1.95. The summed E-state index contributed by atoms with van der Waals surface area (Å²) in [6.45, 7) is 1.96. The van der Waals surface area contributed by atoms with Gasteiger partial charge in [-0.1, -0.05) is 24.3 Å². The number of benzene rings is 3. The molecule has 0 spiro atoms. The molecular weight excluding hydrogens is 462 g/mol. The topological polar surface area (TPSA) is 103 Å². The van der Waals surface area contributed by atoms with Crippen LogP contribution in [0.5, 0.6) is 0 Å². The van der Waals surface area contributed by atoms with E-state index in [-0.39, 0.29) is 23.4 Å². The molecular formula is C28H21NO7. The molecule has 0 aliphatic carbocycles. The Morgan fingerprint density at radius 2 is 1.53 bits per heavy atom. The maximum absolute atomic E-state index is 13.6. The lowest BCUT2D eigenvalue weighted by Gasteiger charge is -2.25. The number of fused-ring (bicyclic) bond motifs is 2. The van der Waals surface area contributed by atoms with E-state index in [0.717, 1.165) is 0 Å². The molecule has 180 valence electrons. The fourth-order valence-electron chi connectivity index (χ4n) is 4.39. The zero-order valence-corrected chi connectivity index (χ0v) is 19.5. The molecule has 0 N–H and O–H groups in total. The maximum Gasteiger partial charge on any atom is 0.338 e. The molecule has 1 atom stereocenters. The van der Waals surface area contributed by atoms with Gasteiger partial charge < -0.3 is 13.9 Å². The number of rotatable bonds is 5. The van der Waals surface area contributed by atoms with Gasteiger partial charge in [0.1, 0.15) is 5.58 Å². The van der Waals surface area contributed by atoms with Crippen LogP contribution >= 0.6 is 0 Å². The van der Waals surface area contributed by atoms with Crippen molar-refractivity contribution in [1.29, 1.82) is 0 Å². The van der Waals surface area contributed by atoms with E-state index < -0.39 is 23.9 Å². The highest BCUT2D eigenvalue weighted by Gasteiger charge is 2.43. The molecule has 1 unspecified atom stereocenters. The van der Waals surface area contributed by atoms with Gasteiger partial charge in [-0.25, -0.2) is 9.59 Å². The average Bonchev–Trinajstić information content (AvgIpc) is 3.21. The lowest BCUT2D eigenvalue weighted by atomic mass is 9.97. The Balaban J connectivity index is 1.67. The van der Waals surface area contributed by atoms with Gasteiger partial charge in [0, 0.05) is 5.69 Å². The quantitative estimate of drug-likeness (QED) is 0.385. The van der Waals surface area contributed by atoms with E-state index >= 15 is 0 Å². The molecule has 0 bridgehead atoms. The van der Waals surface area contributed by atoms with E-state index in [1.165, 1.54) is 12.0 Å². The monoisotopic (exact) mass is 483 g/mol. The highest BCUT2D eigenvalue weighted by Crippen LogP contribution is 2.41. The van der Waals surface area contributed by atoms with Crippen LogP contribution in [0.1, 0.15) is 55.4 Å². The Labute approximate surface area is 205 Å². The minimum atomic E-state index is -0.812. The third-order valence-corrected chi connectivity index (χ3v) is 6.08. The zero-order chi connectivity index (χ0) is 25.4. The molecule has 4 aromatic rings. The SMILES string of the molecule is CCOC(=O)c1ccc(N2C(=O)c3oc4ccccc4c(=O)c3C2c2ccc(C(=O)OC)cc2)cc1. The normalized spacial score (nSPS) is 14.6. The Morgan fingerprint density at radius 3 is 2.19 bits per heavy atom. The Bertz CT molecular complexity index is 1550. The van der Waals surface area contributed by atoms with E-state index in [0.29, 0.717) is 33.3 Å². The molecule has 2 heterocycles. The van der Waals surface area contributed by atoms with E-state index in [4.69, 9.17) is 13.9 Å². The first-order valence-electron chi connectivity index (χ1n) is 11.3. The number of methoxy groups -OCH3 is 1. The van der Waals surface area contributed by atoms with E-state index in [1.54, 1.807) is 79.7 Å². The lowest BCUT2D eigenvalue weighted by Crippen LogP contribution is -2.29. The van der Waals surface area contributed by atoms with Crippen molar-refractivity contribution in [2.24, 2.45) is 0 Å². The molecule has 0 saturated carbocycles. The third kappa shape index (κ3) is 3.73. The maximum atomic E-state index is 13.6. The smallest absolute Gasteiger partial charge is 0.338 e. The van der Waals surface area contributed by atoms with Gasteiger partial charge in [0.25, 0.3) is 5.91 Å². The minimum Gasteiger partial charge on any atom is -0.465 e. The number of amides is 1. The fourth-order valence-corrected chi connectivity index (χ4v) is 4.39. The summed E-state index contributed by atoms with van der Waals surface area (Å²) in [4.78, 5) is 52.7. The van der Waals surface area contributed by atoms with Crippen LogP contribution in [0.3, 0.4) is 0 Å². The second-order valence-electron chi connectivity index (χ2n) is 8.13. The summed E-state index contributed by atoms with van der Waals surface area (Å²) < 4.78 is 15.8. The number of nitrogens with zero attached hydrogens (tertiary/aromatic N) is 1. The molecule has 3 aromatic carbocycles. The van der Waals surface area contributed by atoms with Crippen molar-refractivity contribution in [2.45, 2.75) is 13.0 Å². The Morgan fingerprint density at radius 1 is 0.889 bits per heavy atom. The summed E-state index contributed by atoms with van der Waals surface area (Å²) in [6.07, 6.45) is 0. The summed E-state index contributed by atoms with van der Waals surface area (Å²) in [7, 11) is 1.29. The number of carbonyl (C=O) groups is 3. The molecule has 1 aliphatic heterocycles. The van der Waals surface area contributed by atoms with Crippen LogP contribution in [0.25, 0.3) is 11.0 Å². The fraction of sp³-hybridized carbons (Fsp3) is 0.143. The number of ether oxygens (including phenoxy) is 2. The van der Waals surface area contributed by atoms with E-state index in [1.807, 2.05) is 0 Å². The number of hydrogen-bond acceptors (Lipinski definition) is 7. The van der Waals surface area contributed by atoms with Crippen molar-refractivity contribution in [1.82, 2.24) is 0 Å².